The molecule has 1 aromatic carbocycles. The molecule has 110 valence electrons. The number of hydrogen-bond acceptors (Lipinski definition) is 3. The predicted molar refractivity (Wildman–Crippen MR) is 85.3 cm³/mol. The average molecular weight is 349 g/mol. The maximum absolute atomic E-state index is 11.1. The Kier molecular flexibility index (Phi) is 5.07. The van der Waals surface area contributed by atoms with Crippen LogP contribution in [0.5, 0.6) is 0 Å². The van der Waals surface area contributed by atoms with Crippen LogP contribution in [0.2, 0.25) is 0 Å². The van der Waals surface area contributed by atoms with E-state index in [1.165, 1.54) is 0 Å². The quantitative estimate of drug-likeness (QED) is 0.895. The minimum atomic E-state index is -0.850. The van der Waals surface area contributed by atoms with Gasteiger partial charge in [0.25, 0.3) is 0 Å². The second-order valence-electron chi connectivity index (χ2n) is 4.68. The van der Waals surface area contributed by atoms with E-state index in [9.17, 15) is 4.79 Å². The first-order chi connectivity index (χ1) is 10.1. The third-order valence-corrected chi connectivity index (χ3v) is 3.98. The lowest BCUT2D eigenvalue weighted by Crippen LogP contribution is -2.11. The van der Waals surface area contributed by atoms with Gasteiger partial charge in [0.1, 0.15) is 0 Å². The van der Waals surface area contributed by atoms with Crippen molar-refractivity contribution < 1.29 is 9.90 Å². The molecule has 0 atom stereocenters. The molecule has 1 N–H and O–H groups in total. The molecule has 0 saturated carbocycles. The van der Waals surface area contributed by atoms with Crippen molar-refractivity contribution in [3.63, 3.8) is 0 Å². The molecule has 0 unspecified atom stereocenters. The maximum Gasteiger partial charge on any atom is 0.307 e. The van der Waals surface area contributed by atoms with Crippen molar-refractivity contribution in [3.05, 3.63) is 45.7 Å². The van der Waals surface area contributed by atoms with E-state index in [2.05, 4.69) is 25.9 Å². The molecule has 4 nitrogen and oxygen atoms in total. The molecule has 5 heteroatoms. The summed E-state index contributed by atoms with van der Waals surface area (Å²) in [4.78, 5) is 20.2. The number of carbonyl (C=O) groups is 1. The summed E-state index contributed by atoms with van der Waals surface area (Å²) in [7, 11) is 0. The van der Waals surface area contributed by atoms with E-state index in [0.29, 0.717) is 18.7 Å². The Bertz CT molecular complexity index is 646. The molecular weight excluding hydrogens is 332 g/mol. The normalized spacial score (nSPS) is 10.6. The lowest BCUT2D eigenvalue weighted by atomic mass is 10.0. The predicted octanol–water partition coefficient (Wildman–Crippen LogP) is 3.66. The summed E-state index contributed by atoms with van der Waals surface area (Å²) in [5, 5.41) is 9.07. The van der Waals surface area contributed by atoms with Crippen molar-refractivity contribution in [2.45, 2.75) is 33.1 Å². The van der Waals surface area contributed by atoms with Crippen LogP contribution >= 0.6 is 15.9 Å². The summed E-state index contributed by atoms with van der Waals surface area (Å²) < 4.78 is 0.931. The Morgan fingerprint density at radius 2 is 1.71 bits per heavy atom. The van der Waals surface area contributed by atoms with Gasteiger partial charge in [0.2, 0.25) is 0 Å². The molecule has 0 saturated heterocycles. The van der Waals surface area contributed by atoms with Crippen LogP contribution in [-0.4, -0.2) is 21.0 Å². The summed E-state index contributed by atoms with van der Waals surface area (Å²) in [5.41, 5.74) is 3.30. The van der Waals surface area contributed by atoms with Gasteiger partial charge in [-0.3, -0.25) is 4.79 Å². The zero-order valence-corrected chi connectivity index (χ0v) is 13.6. The summed E-state index contributed by atoms with van der Waals surface area (Å²) in [6.07, 6.45) is 1.35. The number of aryl methyl sites for hydroxylation is 2. The summed E-state index contributed by atoms with van der Waals surface area (Å²) in [6.45, 7) is 3.97. The summed E-state index contributed by atoms with van der Waals surface area (Å²) >= 11 is 3.51. The Balaban J connectivity index is 2.60. The second kappa shape index (κ2) is 6.80. The van der Waals surface area contributed by atoms with Crippen molar-refractivity contribution in [2.75, 3.05) is 0 Å². The van der Waals surface area contributed by atoms with Gasteiger partial charge in [0, 0.05) is 27.0 Å². The number of rotatable bonds is 5. The first kappa shape index (κ1) is 15.6. The Morgan fingerprint density at radius 1 is 1.14 bits per heavy atom. The minimum absolute atomic E-state index is 0.0252. The molecule has 0 radical (unpaired) electrons. The number of benzene rings is 1. The van der Waals surface area contributed by atoms with Crippen LogP contribution in [0.1, 0.15) is 30.8 Å². The van der Waals surface area contributed by atoms with E-state index in [0.717, 1.165) is 27.0 Å². The van der Waals surface area contributed by atoms with E-state index in [1.807, 2.05) is 38.1 Å². The van der Waals surface area contributed by atoms with Gasteiger partial charge in [-0.25, -0.2) is 9.97 Å². The number of carboxylic acids is 1. The van der Waals surface area contributed by atoms with E-state index in [1.54, 1.807) is 0 Å². The van der Waals surface area contributed by atoms with Gasteiger partial charge in [0.05, 0.1) is 6.42 Å². The van der Waals surface area contributed by atoms with Crippen LogP contribution in [0, 0.1) is 0 Å². The van der Waals surface area contributed by atoms with E-state index in [4.69, 9.17) is 5.11 Å². The highest BCUT2D eigenvalue weighted by Crippen LogP contribution is 2.27. The fourth-order valence-electron chi connectivity index (χ4n) is 2.29. The molecule has 0 aliphatic carbocycles. The monoisotopic (exact) mass is 348 g/mol. The molecule has 0 aliphatic heterocycles. The van der Waals surface area contributed by atoms with Gasteiger partial charge in [-0.15, -0.1) is 0 Å². The van der Waals surface area contributed by atoms with Crippen LogP contribution < -0.4 is 0 Å². The van der Waals surface area contributed by atoms with Crippen molar-refractivity contribution in [2.24, 2.45) is 0 Å². The van der Waals surface area contributed by atoms with Gasteiger partial charge < -0.3 is 5.11 Å². The highest BCUT2D eigenvalue weighted by molar-refractivity contribution is 9.10. The van der Waals surface area contributed by atoms with Gasteiger partial charge in [-0.05, 0) is 18.9 Å². The van der Waals surface area contributed by atoms with Crippen molar-refractivity contribution in [1.29, 1.82) is 0 Å². The highest BCUT2D eigenvalue weighted by atomic mass is 79.9. The first-order valence-electron chi connectivity index (χ1n) is 6.92. The lowest BCUT2D eigenvalue weighted by molar-refractivity contribution is -0.136. The standard InChI is InChI=1S/C16H17BrN2O2/c1-3-13-11(9-15(20)21)14(4-2)19-16(18-13)10-7-5-6-8-12(10)17/h5-8H,3-4,9H2,1-2H3,(H,20,21). The third-order valence-electron chi connectivity index (χ3n) is 3.29. The second-order valence-corrected chi connectivity index (χ2v) is 5.53. The van der Waals surface area contributed by atoms with E-state index < -0.39 is 5.97 Å². The third kappa shape index (κ3) is 3.47. The molecule has 0 amide bonds. The maximum atomic E-state index is 11.1. The van der Waals surface area contributed by atoms with Crippen LogP contribution in [0.15, 0.2) is 28.7 Å². The number of aliphatic carboxylic acids is 1. The number of halogens is 1. The lowest BCUT2D eigenvalue weighted by Gasteiger charge is -2.13. The first-order valence-corrected chi connectivity index (χ1v) is 7.71. The number of aromatic nitrogens is 2. The number of hydrogen-bond donors (Lipinski definition) is 1. The molecule has 0 aliphatic rings. The molecule has 0 fully saturated rings. The van der Waals surface area contributed by atoms with Gasteiger partial charge in [0.15, 0.2) is 5.82 Å². The zero-order valence-electron chi connectivity index (χ0n) is 12.1. The molecular formula is C16H17BrN2O2. The largest absolute Gasteiger partial charge is 0.481 e. The molecule has 2 aromatic rings. The molecule has 0 spiro atoms. The highest BCUT2D eigenvalue weighted by Gasteiger charge is 2.16. The fraction of sp³-hybridized carbons (Fsp3) is 0.312. The fourth-order valence-corrected chi connectivity index (χ4v) is 2.75. The number of carboxylic acid groups (broad SMARTS) is 1. The molecule has 0 bridgehead atoms. The van der Waals surface area contributed by atoms with Gasteiger partial charge in [-0.1, -0.05) is 48.0 Å². The van der Waals surface area contributed by atoms with Gasteiger partial charge >= 0.3 is 5.97 Å². The smallest absolute Gasteiger partial charge is 0.307 e. The molecule has 1 heterocycles. The average Bonchev–Trinajstić information content (AvgIpc) is 2.47. The topological polar surface area (TPSA) is 63.1 Å². The minimum Gasteiger partial charge on any atom is -0.481 e. The van der Waals surface area contributed by atoms with Crippen molar-refractivity contribution >= 4 is 21.9 Å². The SMILES string of the molecule is CCc1nc(-c2ccccc2Br)nc(CC)c1CC(=O)O. The molecule has 2 rings (SSSR count). The zero-order chi connectivity index (χ0) is 15.4. The number of nitrogens with zero attached hydrogens (tertiary/aromatic N) is 2. The summed E-state index contributed by atoms with van der Waals surface area (Å²) in [6, 6.07) is 7.77. The summed E-state index contributed by atoms with van der Waals surface area (Å²) in [5.74, 6) is -0.207. The molecule has 1 aromatic heterocycles. The van der Waals surface area contributed by atoms with Crippen LogP contribution in [-0.2, 0) is 24.1 Å². The Morgan fingerprint density at radius 3 is 2.19 bits per heavy atom. The van der Waals surface area contributed by atoms with Crippen molar-refractivity contribution in [3.8, 4) is 11.4 Å². The van der Waals surface area contributed by atoms with Crippen LogP contribution in [0.4, 0.5) is 0 Å². The van der Waals surface area contributed by atoms with E-state index in [-0.39, 0.29) is 6.42 Å². The van der Waals surface area contributed by atoms with E-state index >= 15 is 0 Å². The van der Waals surface area contributed by atoms with Crippen LogP contribution in [0.25, 0.3) is 11.4 Å². The Labute approximate surface area is 132 Å². The van der Waals surface area contributed by atoms with Crippen molar-refractivity contribution in [1.82, 2.24) is 9.97 Å². The Hall–Kier alpha value is -1.75. The van der Waals surface area contributed by atoms with Gasteiger partial charge in [-0.2, -0.15) is 0 Å². The van der Waals surface area contributed by atoms with Crippen LogP contribution in [0.3, 0.4) is 0 Å². The molecule has 21 heavy (non-hydrogen) atoms.